The standard InChI is InChI=1S/C18H23N5O/c19-16(13-6-2-1-3-7-13)18(24)22-10-4-8-14(12-22)17-21-20-15-9-5-11-23(15)17/h1-3,6-7,14,16H,4-5,8-12,19H2. The molecule has 0 radical (unpaired) electrons. The number of piperidine rings is 1. The average Bonchev–Trinajstić information content (AvgIpc) is 3.25. The van der Waals surface area contributed by atoms with Gasteiger partial charge in [0.15, 0.2) is 0 Å². The third-order valence-electron chi connectivity index (χ3n) is 5.16. The maximum Gasteiger partial charge on any atom is 0.244 e. The van der Waals surface area contributed by atoms with Crippen molar-refractivity contribution in [2.75, 3.05) is 13.1 Å². The highest BCUT2D eigenvalue weighted by Crippen LogP contribution is 2.29. The Labute approximate surface area is 141 Å². The van der Waals surface area contributed by atoms with Gasteiger partial charge in [0.25, 0.3) is 0 Å². The fourth-order valence-corrected chi connectivity index (χ4v) is 3.86. The zero-order valence-corrected chi connectivity index (χ0v) is 13.8. The van der Waals surface area contributed by atoms with Gasteiger partial charge in [-0.05, 0) is 24.8 Å². The molecule has 2 aliphatic heterocycles. The van der Waals surface area contributed by atoms with Crippen LogP contribution in [0.3, 0.4) is 0 Å². The molecule has 1 amide bonds. The van der Waals surface area contributed by atoms with Crippen molar-refractivity contribution < 1.29 is 4.79 Å². The minimum Gasteiger partial charge on any atom is -0.340 e. The number of aryl methyl sites for hydroxylation is 1. The Morgan fingerprint density at radius 1 is 1.17 bits per heavy atom. The number of hydrogen-bond acceptors (Lipinski definition) is 4. The Hall–Kier alpha value is -2.21. The molecule has 4 rings (SSSR count). The van der Waals surface area contributed by atoms with Crippen molar-refractivity contribution in [1.82, 2.24) is 19.7 Å². The number of amides is 1. The fraction of sp³-hybridized carbons (Fsp3) is 0.500. The first-order valence-electron chi connectivity index (χ1n) is 8.75. The number of nitrogens with two attached hydrogens (primary N) is 1. The largest absolute Gasteiger partial charge is 0.340 e. The van der Waals surface area contributed by atoms with Crippen molar-refractivity contribution in [1.29, 1.82) is 0 Å². The second-order valence-electron chi connectivity index (χ2n) is 6.74. The van der Waals surface area contributed by atoms with Crippen molar-refractivity contribution in [2.24, 2.45) is 5.73 Å². The first-order chi connectivity index (χ1) is 11.7. The number of fused-ring (bicyclic) bond motifs is 1. The molecular weight excluding hydrogens is 302 g/mol. The normalized spacial score (nSPS) is 21.5. The molecule has 2 N–H and O–H groups in total. The molecule has 126 valence electrons. The predicted molar refractivity (Wildman–Crippen MR) is 90.3 cm³/mol. The van der Waals surface area contributed by atoms with Crippen LogP contribution >= 0.6 is 0 Å². The number of likely N-dealkylation sites (tertiary alicyclic amines) is 1. The van der Waals surface area contributed by atoms with Crippen LogP contribution in [0.2, 0.25) is 0 Å². The van der Waals surface area contributed by atoms with E-state index in [-0.39, 0.29) is 11.8 Å². The number of rotatable bonds is 3. The highest BCUT2D eigenvalue weighted by molar-refractivity contribution is 5.83. The molecule has 0 spiro atoms. The van der Waals surface area contributed by atoms with Gasteiger partial charge in [-0.2, -0.15) is 0 Å². The Kier molecular flexibility index (Phi) is 4.06. The SMILES string of the molecule is NC(C(=O)N1CCCC(c2nnc3n2CCC3)C1)c1ccccc1. The second kappa shape index (κ2) is 6.36. The van der Waals surface area contributed by atoms with Crippen molar-refractivity contribution in [3.05, 3.63) is 47.5 Å². The summed E-state index contributed by atoms with van der Waals surface area (Å²) >= 11 is 0. The summed E-state index contributed by atoms with van der Waals surface area (Å²) in [5.74, 6) is 2.42. The predicted octanol–water partition coefficient (Wildman–Crippen LogP) is 1.63. The Morgan fingerprint density at radius 3 is 2.83 bits per heavy atom. The fourth-order valence-electron chi connectivity index (χ4n) is 3.86. The zero-order valence-electron chi connectivity index (χ0n) is 13.8. The molecule has 1 aromatic carbocycles. The van der Waals surface area contributed by atoms with E-state index < -0.39 is 6.04 Å². The summed E-state index contributed by atoms with van der Waals surface area (Å²) in [6.45, 7) is 2.47. The van der Waals surface area contributed by atoms with Gasteiger partial charge < -0.3 is 15.2 Å². The molecular formula is C18H23N5O. The van der Waals surface area contributed by atoms with Crippen molar-refractivity contribution >= 4 is 5.91 Å². The van der Waals surface area contributed by atoms with Crippen molar-refractivity contribution in [3.8, 4) is 0 Å². The lowest BCUT2D eigenvalue weighted by atomic mass is 9.95. The van der Waals surface area contributed by atoms with E-state index in [0.29, 0.717) is 6.54 Å². The number of carbonyl (C=O) groups is 1. The number of hydrogen-bond donors (Lipinski definition) is 1. The van der Waals surface area contributed by atoms with E-state index in [1.807, 2.05) is 35.2 Å². The maximum atomic E-state index is 12.8. The smallest absolute Gasteiger partial charge is 0.244 e. The first kappa shape index (κ1) is 15.3. The van der Waals surface area contributed by atoms with Crippen LogP contribution in [0.25, 0.3) is 0 Å². The molecule has 6 heteroatoms. The molecule has 1 aromatic heterocycles. The monoisotopic (exact) mass is 325 g/mol. The van der Waals surface area contributed by atoms with Crippen LogP contribution in [0, 0.1) is 0 Å². The molecule has 1 saturated heterocycles. The molecule has 2 unspecified atom stereocenters. The summed E-state index contributed by atoms with van der Waals surface area (Å²) in [7, 11) is 0. The van der Waals surface area contributed by atoms with Gasteiger partial charge in [-0.1, -0.05) is 30.3 Å². The summed E-state index contributed by atoms with van der Waals surface area (Å²) in [5, 5.41) is 8.71. The highest BCUT2D eigenvalue weighted by atomic mass is 16.2. The lowest BCUT2D eigenvalue weighted by molar-refractivity contribution is -0.134. The molecule has 0 saturated carbocycles. The van der Waals surface area contributed by atoms with Crippen LogP contribution in [0.1, 0.15) is 48.4 Å². The van der Waals surface area contributed by atoms with E-state index in [1.165, 1.54) is 0 Å². The summed E-state index contributed by atoms with van der Waals surface area (Å²) in [4.78, 5) is 14.7. The van der Waals surface area contributed by atoms with Crippen LogP contribution in [-0.2, 0) is 17.8 Å². The zero-order chi connectivity index (χ0) is 16.5. The van der Waals surface area contributed by atoms with Gasteiger partial charge in [0, 0.05) is 32.0 Å². The number of carbonyl (C=O) groups excluding carboxylic acids is 1. The van der Waals surface area contributed by atoms with E-state index in [0.717, 1.165) is 56.0 Å². The average molecular weight is 325 g/mol. The molecule has 24 heavy (non-hydrogen) atoms. The first-order valence-corrected chi connectivity index (χ1v) is 8.75. The minimum atomic E-state index is -0.589. The Balaban J connectivity index is 1.49. The van der Waals surface area contributed by atoms with E-state index in [2.05, 4.69) is 14.8 Å². The number of benzene rings is 1. The van der Waals surface area contributed by atoms with Crippen molar-refractivity contribution in [3.63, 3.8) is 0 Å². The topological polar surface area (TPSA) is 77.0 Å². The molecule has 2 atom stereocenters. The molecule has 0 bridgehead atoms. The third kappa shape index (κ3) is 2.71. The summed E-state index contributed by atoms with van der Waals surface area (Å²) < 4.78 is 2.25. The number of nitrogens with zero attached hydrogens (tertiary/aromatic N) is 4. The molecule has 6 nitrogen and oxygen atoms in total. The van der Waals surface area contributed by atoms with Gasteiger partial charge in [0.1, 0.15) is 17.7 Å². The molecule has 2 aromatic rings. The van der Waals surface area contributed by atoms with Gasteiger partial charge in [0.05, 0.1) is 0 Å². The van der Waals surface area contributed by atoms with Crippen LogP contribution in [0.15, 0.2) is 30.3 Å². The third-order valence-corrected chi connectivity index (χ3v) is 5.16. The van der Waals surface area contributed by atoms with E-state index in [1.54, 1.807) is 0 Å². The summed E-state index contributed by atoms with van der Waals surface area (Å²) in [6, 6.07) is 9.00. The van der Waals surface area contributed by atoms with Crippen LogP contribution < -0.4 is 5.73 Å². The van der Waals surface area contributed by atoms with Gasteiger partial charge in [0.2, 0.25) is 5.91 Å². The van der Waals surface area contributed by atoms with Gasteiger partial charge >= 0.3 is 0 Å². The minimum absolute atomic E-state index is 0.00654. The molecule has 1 fully saturated rings. The number of aromatic nitrogens is 3. The van der Waals surface area contributed by atoms with Gasteiger partial charge in [-0.3, -0.25) is 4.79 Å². The Morgan fingerprint density at radius 2 is 2.00 bits per heavy atom. The molecule has 0 aliphatic carbocycles. The quantitative estimate of drug-likeness (QED) is 0.930. The van der Waals surface area contributed by atoms with Crippen LogP contribution in [0.4, 0.5) is 0 Å². The van der Waals surface area contributed by atoms with Gasteiger partial charge in [-0.15, -0.1) is 10.2 Å². The van der Waals surface area contributed by atoms with Crippen LogP contribution in [0.5, 0.6) is 0 Å². The lowest BCUT2D eigenvalue weighted by Gasteiger charge is -2.34. The maximum absolute atomic E-state index is 12.8. The molecule has 3 heterocycles. The molecule has 2 aliphatic rings. The summed E-state index contributed by atoms with van der Waals surface area (Å²) in [5.41, 5.74) is 7.07. The highest BCUT2D eigenvalue weighted by Gasteiger charge is 2.32. The summed E-state index contributed by atoms with van der Waals surface area (Å²) in [6.07, 6.45) is 4.20. The van der Waals surface area contributed by atoms with E-state index in [4.69, 9.17) is 5.73 Å². The van der Waals surface area contributed by atoms with Crippen LogP contribution in [-0.4, -0.2) is 38.7 Å². The lowest BCUT2D eigenvalue weighted by Crippen LogP contribution is -2.44. The van der Waals surface area contributed by atoms with Gasteiger partial charge in [-0.25, -0.2) is 0 Å². The van der Waals surface area contributed by atoms with E-state index >= 15 is 0 Å². The Bertz CT molecular complexity index is 726. The second-order valence-corrected chi connectivity index (χ2v) is 6.74. The van der Waals surface area contributed by atoms with E-state index in [9.17, 15) is 4.79 Å². The van der Waals surface area contributed by atoms with Crippen molar-refractivity contribution in [2.45, 2.75) is 44.2 Å².